The molecule has 1 fully saturated rings. The third kappa shape index (κ3) is 3.81. The molecule has 1 spiro atoms. The van der Waals surface area contributed by atoms with Gasteiger partial charge in [-0.25, -0.2) is 4.79 Å². The molecule has 3 heterocycles. The number of hydrogen-bond acceptors (Lipinski definition) is 5. The number of ketones is 1. The van der Waals surface area contributed by atoms with Gasteiger partial charge in [0.15, 0.2) is 5.78 Å². The second kappa shape index (κ2) is 7.59. The molecular weight excluding hydrogens is 386 g/mol. The van der Waals surface area contributed by atoms with E-state index in [0.29, 0.717) is 43.7 Å². The van der Waals surface area contributed by atoms with Gasteiger partial charge < -0.3 is 14.2 Å². The van der Waals surface area contributed by atoms with E-state index >= 15 is 0 Å². The van der Waals surface area contributed by atoms with Crippen molar-refractivity contribution in [1.82, 2.24) is 14.5 Å². The number of ether oxygens (including phenoxy) is 1. The Hall–Kier alpha value is -3.16. The second-order valence-electron chi connectivity index (χ2n) is 8.28. The fraction of sp³-hybridized carbons (Fsp3) is 0.455. The number of piperidine rings is 1. The minimum absolute atomic E-state index is 0.0581. The van der Waals surface area contributed by atoms with Gasteiger partial charge in [0.2, 0.25) is 5.91 Å². The fourth-order valence-electron chi connectivity index (χ4n) is 4.37. The average molecular weight is 411 g/mol. The molecule has 0 radical (unpaired) electrons. The Morgan fingerprint density at radius 1 is 1.17 bits per heavy atom. The third-order valence-corrected chi connectivity index (χ3v) is 6.01. The van der Waals surface area contributed by atoms with Crippen molar-refractivity contribution in [2.24, 2.45) is 0 Å². The van der Waals surface area contributed by atoms with Crippen LogP contribution in [0.4, 0.5) is 0 Å². The number of carbonyl (C=O) groups is 2. The van der Waals surface area contributed by atoms with Crippen LogP contribution in [0.3, 0.4) is 0 Å². The third-order valence-electron chi connectivity index (χ3n) is 6.01. The fourth-order valence-corrected chi connectivity index (χ4v) is 4.37. The smallest absolute Gasteiger partial charge is 0.328 e. The normalized spacial score (nSPS) is 17.5. The minimum atomic E-state index is -0.559. The number of nitrogens with zero attached hydrogens (tertiary/aromatic N) is 2. The van der Waals surface area contributed by atoms with Crippen molar-refractivity contribution >= 4 is 11.7 Å². The molecule has 0 saturated carbocycles. The Bertz CT molecular complexity index is 1120. The Kier molecular flexibility index (Phi) is 5.09. The molecule has 4 rings (SSSR count). The molecule has 8 nitrogen and oxygen atoms in total. The number of nitrogens with one attached hydrogen (secondary N) is 1. The van der Waals surface area contributed by atoms with E-state index < -0.39 is 16.9 Å². The SMILES string of the molecule is Cc1cc(C)c2c(c1)C(=O)CC1(CCN(C(=O)CCn3ccc(=O)[nH]c3=O)CC1)O2. The number of amides is 1. The van der Waals surface area contributed by atoms with Crippen molar-refractivity contribution in [3.05, 3.63) is 61.9 Å². The molecule has 1 aromatic carbocycles. The topological polar surface area (TPSA) is 101 Å². The van der Waals surface area contributed by atoms with Crippen molar-refractivity contribution in [3.8, 4) is 5.75 Å². The Labute approximate surface area is 173 Å². The molecule has 30 heavy (non-hydrogen) atoms. The van der Waals surface area contributed by atoms with Gasteiger partial charge in [-0.15, -0.1) is 0 Å². The predicted octanol–water partition coefficient (Wildman–Crippen LogP) is 1.57. The summed E-state index contributed by atoms with van der Waals surface area (Å²) >= 11 is 0. The first-order valence-corrected chi connectivity index (χ1v) is 10.2. The first-order chi connectivity index (χ1) is 14.3. The summed E-state index contributed by atoms with van der Waals surface area (Å²) in [6.07, 6.45) is 3.08. The van der Waals surface area contributed by atoms with Gasteiger partial charge >= 0.3 is 5.69 Å². The lowest BCUT2D eigenvalue weighted by atomic mass is 9.81. The van der Waals surface area contributed by atoms with Gasteiger partial charge in [-0.2, -0.15) is 0 Å². The van der Waals surface area contributed by atoms with Gasteiger partial charge in [0.05, 0.1) is 12.0 Å². The Balaban J connectivity index is 1.40. The molecule has 1 aromatic heterocycles. The lowest BCUT2D eigenvalue weighted by molar-refractivity contribution is -0.135. The number of aromatic nitrogens is 2. The molecular formula is C22H25N3O5. The van der Waals surface area contributed by atoms with Crippen LogP contribution in [0.5, 0.6) is 5.75 Å². The number of rotatable bonds is 3. The predicted molar refractivity (Wildman–Crippen MR) is 110 cm³/mol. The summed E-state index contributed by atoms with van der Waals surface area (Å²) in [5.41, 5.74) is 1.12. The zero-order valence-corrected chi connectivity index (χ0v) is 17.2. The van der Waals surface area contributed by atoms with Crippen LogP contribution in [-0.2, 0) is 11.3 Å². The van der Waals surface area contributed by atoms with Gasteiger partial charge in [0, 0.05) is 51.2 Å². The summed E-state index contributed by atoms with van der Waals surface area (Å²) in [6, 6.07) is 5.16. The molecule has 2 aliphatic rings. The van der Waals surface area contributed by atoms with Crippen LogP contribution in [0, 0.1) is 13.8 Å². The van der Waals surface area contributed by atoms with Crippen molar-refractivity contribution in [3.63, 3.8) is 0 Å². The van der Waals surface area contributed by atoms with Crippen LogP contribution in [0.25, 0.3) is 0 Å². The van der Waals surface area contributed by atoms with Gasteiger partial charge in [-0.3, -0.25) is 19.4 Å². The van der Waals surface area contributed by atoms with Crippen molar-refractivity contribution in [1.29, 1.82) is 0 Å². The van der Waals surface area contributed by atoms with Crippen LogP contribution in [0.1, 0.15) is 47.2 Å². The number of fused-ring (bicyclic) bond motifs is 1. The first-order valence-electron chi connectivity index (χ1n) is 10.2. The van der Waals surface area contributed by atoms with Crippen LogP contribution >= 0.6 is 0 Å². The highest BCUT2D eigenvalue weighted by Crippen LogP contribution is 2.41. The second-order valence-corrected chi connectivity index (χ2v) is 8.28. The number of hydrogen-bond donors (Lipinski definition) is 1. The van der Waals surface area contributed by atoms with E-state index in [-0.39, 0.29) is 24.7 Å². The highest BCUT2D eigenvalue weighted by Gasteiger charge is 2.44. The van der Waals surface area contributed by atoms with Crippen molar-refractivity contribution in [2.75, 3.05) is 13.1 Å². The number of H-pyrrole nitrogens is 1. The molecule has 8 heteroatoms. The summed E-state index contributed by atoms with van der Waals surface area (Å²) in [4.78, 5) is 52.2. The molecule has 1 amide bonds. The van der Waals surface area contributed by atoms with Crippen LogP contribution in [0.15, 0.2) is 34.0 Å². The number of benzene rings is 1. The van der Waals surface area contributed by atoms with Crippen molar-refractivity contribution in [2.45, 2.75) is 51.7 Å². The highest BCUT2D eigenvalue weighted by molar-refractivity contribution is 6.01. The molecule has 0 bridgehead atoms. The first kappa shape index (κ1) is 20.1. The zero-order valence-electron chi connectivity index (χ0n) is 17.2. The quantitative estimate of drug-likeness (QED) is 0.826. The molecule has 2 aliphatic heterocycles. The summed E-state index contributed by atoms with van der Waals surface area (Å²) in [5.74, 6) is 0.714. The molecule has 0 unspecified atom stereocenters. The van der Waals surface area contributed by atoms with Crippen LogP contribution in [0.2, 0.25) is 0 Å². The number of aromatic amines is 1. The largest absolute Gasteiger partial charge is 0.486 e. The maximum atomic E-state index is 12.8. The van der Waals surface area contributed by atoms with E-state index in [1.54, 1.807) is 4.90 Å². The summed E-state index contributed by atoms with van der Waals surface area (Å²) in [5, 5.41) is 0. The maximum absolute atomic E-state index is 12.8. The van der Waals surface area contributed by atoms with Crippen LogP contribution < -0.4 is 16.0 Å². The van der Waals surface area contributed by atoms with Gasteiger partial charge in [-0.1, -0.05) is 6.07 Å². The number of aryl methyl sites for hydroxylation is 3. The maximum Gasteiger partial charge on any atom is 0.328 e. The monoisotopic (exact) mass is 411 g/mol. The molecule has 2 aromatic rings. The number of likely N-dealkylation sites (tertiary alicyclic amines) is 1. The van der Waals surface area contributed by atoms with Gasteiger partial charge in [0.1, 0.15) is 11.4 Å². The molecule has 1 saturated heterocycles. The van der Waals surface area contributed by atoms with E-state index in [4.69, 9.17) is 4.74 Å². The summed E-state index contributed by atoms with van der Waals surface area (Å²) < 4.78 is 7.68. The summed E-state index contributed by atoms with van der Waals surface area (Å²) in [6.45, 7) is 5.14. The molecule has 1 N–H and O–H groups in total. The summed E-state index contributed by atoms with van der Waals surface area (Å²) in [7, 11) is 0. The van der Waals surface area contributed by atoms with Crippen LogP contribution in [-0.4, -0.2) is 44.8 Å². The zero-order chi connectivity index (χ0) is 21.5. The van der Waals surface area contributed by atoms with E-state index in [0.717, 1.165) is 11.1 Å². The molecule has 0 atom stereocenters. The van der Waals surface area contributed by atoms with E-state index in [2.05, 4.69) is 4.98 Å². The Morgan fingerprint density at radius 3 is 2.60 bits per heavy atom. The minimum Gasteiger partial charge on any atom is -0.486 e. The lowest BCUT2D eigenvalue weighted by Gasteiger charge is -2.44. The highest BCUT2D eigenvalue weighted by atomic mass is 16.5. The van der Waals surface area contributed by atoms with E-state index in [1.807, 2.05) is 26.0 Å². The van der Waals surface area contributed by atoms with Crippen molar-refractivity contribution < 1.29 is 14.3 Å². The average Bonchev–Trinajstić information content (AvgIpc) is 2.69. The number of Topliss-reactive ketones (excluding diaryl/α,β-unsaturated/α-hetero) is 1. The Morgan fingerprint density at radius 2 is 1.90 bits per heavy atom. The lowest BCUT2D eigenvalue weighted by Crippen LogP contribution is -2.52. The van der Waals surface area contributed by atoms with E-state index in [9.17, 15) is 19.2 Å². The van der Waals surface area contributed by atoms with Gasteiger partial charge in [0.25, 0.3) is 5.56 Å². The molecule has 158 valence electrons. The number of carbonyl (C=O) groups excluding carboxylic acids is 2. The van der Waals surface area contributed by atoms with Gasteiger partial charge in [-0.05, 0) is 31.0 Å². The van der Waals surface area contributed by atoms with E-state index in [1.165, 1.54) is 16.8 Å². The standard InChI is InChI=1S/C22H25N3O5/c1-14-11-15(2)20-16(12-14)17(26)13-22(30-20)5-9-24(10-6-22)19(28)4-8-25-7-3-18(27)23-21(25)29/h3,7,11-12H,4-6,8-10,13H2,1-2H3,(H,23,27,29). The molecule has 0 aliphatic carbocycles.